The second-order valence-electron chi connectivity index (χ2n) is 5.78. The van der Waals surface area contributed by atoms with Gasteiger partial charge in [-0.15, -0.1) is 11.8 Å². The molecule has 0 saturated heterocycles. The Morgan fingerprint density at radius 3 is 2.50 bits per heavy atom. The van der Waals surface area contributed by atoms with Gasteiger partial charge < -0.3 is 9.47 Å². The topological polar surface area (TPSA) is 49.0 Å². The zero-order valence-electron chi connectivity index (χ0n) is 13.7. The summed E-state index contributed by atoms with van der Waals surface area (Å²) in [5, 5.41) is 10.5. The normalized spacial score (nSPS) is 16.7. The molecule has 0 saturated carbocycles. The van der Waals surface area contributed by atoms with Gasteiger partial charge in [-0.25, -0.2) is 0 Å². The van der Waals surface area contributed by atoms with Crippen LogP contribution in [0, 0.1) is 11.3 Å². The van der Waals surface area contributed by atoms with Crippen LogP contribution < -0.4 is 5.56 Å². The van der Waals surface area contributed by atoms with Crippen molar-refractivity contribution in [2.24, 2.45) is 0 Å². The molecule has 0 N–H and O–H groups in total. The molecule has 0 aliphatic carbocycles. The molecule has 26 heavy (non-hydrogen) atoms. The van der Waals surface area contributed by atoms with Crippen molar-refractivity contribution in [1.29, 1.82) is 5.26 Å². The highest BCUT2D eigenvalue weighted by molar-refractivity contribution is 8.02. The smallest absolute Gasteiger partial charge is 0.363 e. The number of halogens is 3. The first-order chi connectivity index (χ1) is 12.3. The van der Waals surface area contributed by atoms with E-state index >= 15 is 0 Å². The average Bonchev–Trinajstić information content (AvgIpc) is 3.02. The molecule has 0 radical (unpaired) electrons. The molecule has 2 aromatic rings. The lowest BCUT2D eigenvalue weighted by Gasteiger charge is -2.25. The molecule has 1 atom stereocenters. The Labute approximate surface area is 152 Å². The number of thioether (sulfide) groups is 1. The molecule has 1 aliphatic rings. The first-order valence-corrected chi connectivity index (χ1v) is 8.60. The van der Waals surface area contributed by atoms with Gasteiger partial charge >= 0.3 is 6.18 Å². The summed E-state index contributed by atoms with van der Waals surface area (Å²) in [6, 6.07) is 11.3. The van der Waals surface area contributed by atoms with E-state index in [1.165, 1.54) is 22.4 Å². The van der Waals surface area contributed by atoms with Crippen molar-refractivity contribution in [2.45, 2.75) is 18.1 Å². The molecule has 1 aromatic carbocycles. The van der Waals surface area contributed by atoms with E-state index in [4.69, 9.17) is 0 Å². The number of pyridine rings is 1. The molecule has 1 aliphatic heterocycles. The number of alkyl halides is 3. The maximum absolute atomic E-state index is 13.4. The lowest BCUT2D eigenvalue weighted by Crippen LogP contribution is -2.32. The van der Waals surface area contributed by atoms with E-state index < -0.39 is 28.2 Å². The molecule has 0 amide bonds. The van der Waals surface area contributed by atoms with Crippen LogP contribution in [-0.4, -0.2) is 16.5 Å². The molecule has 1 unspecified atom stereocenters. The summed E-state index contributed by atoms with van der Waals surface area (Å²) in [6.45, 7) is 0.0900. The van der Waals surface area contributed by atoms with Gasteiger partial charge in [-0.2, -0.15) is 18.4 Å². The van der Waals surface area contributed by atoms with E-state index in [1.54, 1.807) is 47.8 Å². The summed E-state index contributed by atoms with van der Waals surface area (Å²) in [4.78, 5) is 14.5. The van der Waals surface area contributed by atoms with E-state index in [2.05, 4.69) is 0 Å². The fourth-order valence-electron chi connectivity index (χ4n) is 2.79. The van der Waals surface area contributed by atoms with Crippen LogP contribution >= 0.6 is 11.8 Å². The quantitative estimate of drug-likeness (QED) is 0.813. The Balaban J connectivity index is 2.23. The molecule has 0 fully saturated rings. The van der Waals surface area contributed by atoms with Gasteiger partial charge in [0.25, 0.3) is 5.56 Å². The van der Waals surface area contributed by atoms with Gasteiger partial charge in [-0.05, 0) is 17.0 Å². The van der Waals surface area contributed by atoms with E-state index in [0.29, 0.717) is 0 Å². The molecule has 1 aromatic heterocycles. The lowest BCUT2D eigenvalue weighted by molar-refractivity contribution is -0.138. The van der Waals surface area contributed by atoms with Gasteiger partial charge in [-0.3, -0.25) is 4.79 Å². The Hall–Kier alpha value is -2.66. The van der Waals surface area contributed by atoms with E-state index in [1.807, 2.05) is 6.07 Å². The second-order valence-corrected chi connectivity index (χ2v) is 6.77. The van der Waals surface area contributed by atoms with Crippen molar-refractivity contribution >= 4 is 11.8 Å². The van der Waals surface area contributed by atoms with Gasteiger partial charge in [-0.1, -0.05) is 30.3 Å². The number of benzene rings is 1. The number of rotatable bonds is 3. The maximum atomic E-state index is 13.4. The van der Waals surface area contributed by atoms with E-state index in [0.717, 1.165) is 11.6 Å². The van der Waals surface area contributed by atoms with E-state index in [-0.39, 0.29) is 12.2 Å². The first-order valence-electron chi connectivity index (χ1n) is 7.66. The summed E-state index contributed by atoms with van der Waals surface area (Å²) in [5.74, 6) is 0. The third-order valence-electron chi connectivity index (χ3n) is 4.06. The summed E-state index contributed by atoms with van der Waals surface area (Å²) >= 11 is 1.31. The fourth-order valence-corrected chi connectivity index (χ4v) is 3.80. The third-order valence-corrected chi connectivity index (χ3v) is 5.17. The van der Waals surface area contributed by atoms with Gasteiger partial charge in [0.2, 0.25) is 0 Å². The lowest BCUT2D eigenvalue weighted by atomic mass is 10.1. The molecule has 2 heterocycles. The van der Waals surface area contributed by atoms with Crippen molar-refractivity contribution in [3.05, 3.63) is 80.7 Å². The van der Waals surface area contributed by atoms with Crippen molar-refractivity contribution in [3.8, 4) is 6.07 Å². The van der Waals surface area contributed by atoms with Crippen LogP contribution in [0.5, 0.6) is 0 Å². The fraction of sp³-hybridized carbons (Fsp3) is 0.222. The van der Waals surface area contributed by atoms with Crippen LogP contribution in [0.1, 0.15) is 27.8 Å². The number of nitrogens with zero attached hydrogens (tertiary/aromatic N) is 3. The predicted molar refractivity (Wildman–Crippen MR) is 93.2 cm³/mol. The summed E-state index contributed by atoms with van der Waals surface area (Å²) in [6.07, 6.45) is -3.04. The highest BCUT2D eigenvalue weighted by Gasteiger charge is 2.38. The van der Waals surface area contributed by atoms with Crippen LogP contribution in [0.4, 0.5) is 13.2 Å². The van der Waals surface area contributed by atoms with Crippen LogP contribution in [0.2, 0.25) is 0 Å². The Morgan fingerprint density at radius 1 is 1.27 bits per heavy atom. The van der Waals surface area contributed by atoms with Crippen LogP contribution in [0.25, 0.3) is 0 Å². The van der Waals surface area contributed by atoms with Crippen LogP contribution in [0.15, 0.2) is 52.8 Å². The third kappa shape index (κ3) is 3.35. The minimum atomic E-state index is -4.78. The number of hydrogen-bond acceptors (Lipinski definition) is 4. The highest BCUT2D eigenvalue weighted by atomic mass is 32.2. The minimum absolute atomic E-state index is 0.0900. The Bertz CT molecular complexity index is 945. The van der Waals surface area contributed by atoms with Gasteiger partial charge in [0, 0.05) is 13.2 Å². The molecule has 8 heteroatoms. The monoisotopic (exact) mass is 377 g/mol. The highest BCUT2D eigenvalue weighted by Crippen LogP contribution is 2.40. The molecule has 0 spiro atoms. The molecular formula is C18H14F3N3OS. The zero-order valence-corrected chi connectivity index (χ0v) is 14.5. The molecular weight excluding hydrogens is 363 g/mol. The Morgan fingerprint density at radius 2 is 1.96 bits per heavy atom. The zero-order chi connectivity index (χ0) is 18.9. The van der Waals surface area contributed by atoms with Crippen molar-refractivity contribution in [3.63, 3.8) is 0 Å². The van der Waals surface area contributed by atoms with E-state index in [9.17, 15) is 23.2 Å². The van der Waals surface area contributed by atoms with Crippen molar-refractivity contribution < 1.29 is 13.2 Å². The summed E-state index contributed by atoms with van der Waals surface area (Å²) in [5.41, 5.74) is -2.02. The minimum Gasteiger partial charge on any atom is -0.363 e. The number of hydrogen-bond donors (Lipinski definition) is 0. The van der Waals surface area contributed by atoms with Crippen LogP contribution in [-0.2, 0) is 12.7 Å². The molecule has 0 bridgehead atoms. The van der Waals surface area contributed by atoms with Gasteiger partial charge in [0.05, 0.1) is 17.8 Å². The Kier molecular flexibility index (Phi) is 4.83. The van der Waals surface area contributed by atoms with Crippen molar-refractivity contribution in [1.82, 2.24) is 9.47 Å². The number of nitriles is 1. The first kappa shape index (κ1) is 18.1. The number of aromatic nitrogens is 1. The SMILES string of the molecule is CN1C=CSC1c1cc(C(F)(F)F)c(C#N)c(=O)n1Cc1ccccc1. The second kappa shape index (κ2) is 6.92. The molecule has 3 rings (SSSR count). The predicted octanol–water partition coefficient (Wildman–Crippen LogP) is 3.94. The summed E-state index contributed by atoms with van der Waals surface area (Å²) < 4.78 is 41.5. The maximum Gasteiger partial charge on any atom is 0.417 e. The largest absolute Gasteiger partial charge is 0.417 e. The van der Waals surface area contributed by atoms with Crippen LogP contribution in [0.3, 0.4) is 0 Å². The average molecular weight is 377 g/mol. The van der Waals surface area contributed by atoms with Crippen molar-refractivity contribution in [2.75, 3.05) is 7.05 Å². The molecule has 4 nitrogen and oxygen atoms in total. The van der Waals surface area contributed by atoms with Gasteiger partial charge in [0.15, 0.2) is 0 Å². The molecule has 134 valence electrons. The summed E-state index contributed by atoms with van der Waals surface area (Å²) in [7, 11) is 1.73. The standard InChI is InChI=1S/C18H14F3N3OS/c1-23-7-8-26-17(23)15-9-14(18(19,20)21)13(10-22)16(25)24(15)11-12-5-3-2-4-6-12/h2-9,17H,11H2,1H3. The van der Waals surface area contributed by atoms with Gasteiger partial charge in [0.1, 0.15) is 17.0 Å².